The van der Waals surface area contributed by atoms with Crippen molar-refractivity contribution in [2.75, 3.05) is 9.80 Å². The molecule has 18 aromatic carbocycles. The lowest BCUT2D eigenvalue weighted by Gasteiger charge is -2.40. The minimum absolute atomic E-state index is 0.101. The van der Waals surface area contributed by atoms with Gasteiger partial charge in [0.25, 0.3) is 0 Å². The van der Waals surface area contributed by atoms with Gasteiger partial charge in [0, 0.05) is 111 Å². The summed E-state index contributed by atoms with van der Waals surface area (Å²) in [6.45, 7) is -0.203. The SMILES string of the molecule is c1ccc(B2c3ccccc3N(c3ccccc3)c3c2ccc2c3-c3cc(-n4c5ccccc5c5c4ccc4c6ccccc6n(-c6ccccc6)c45)ccc3C23c2ccc(-n4c5ccccc5c5c4ccc4c6ccccc6n(-c6ccccc6)c45)cc2-c2c3ccc3c2N(c2ccccc2)c2ccccc2B3c2ccccc2)cc1. The van der Waals surface area contributed by atoms with E-state index >= 15 is 0 Å². The lowest BCUT2D eigenvalue weighted by molar-refractivity contribution is 0.793. The highest BCUT2D eigenvalue weighted by Gasteiger charge is 2.56. The Morgan fingerprint density at radius 3 is 0.932 bits per heavy atom. The van der Waals surface area contributed by atoms with Crippen molar-refractivity contribution >= 4 is 168 Å². The summed E-state index contributed by atoms with van der Waals surface area (Å²) in [5.41, 5.74) is 37.2. The van der Waals surface area contributed by atoms with Gasteiger partial charge in [0.1, 0.15) is 0 Å². The van der Waals surface area contributed by atoms with Gasteiger partial charge in [0.15, 0.2) is 0 Å². The summed E-state index contributed by atoms with van der Waals surface area (Å²) in [5.74, 6) is 0. The first-order chi connectivity index (χ1) is 58.2. The quantitative estimate of drug-likeness (QED) is 0.142. The molecule has 4 aromatic heterocycles. The van der Waals surface area contributed by atoms with Crippen LogP contribution in [0, 0.1) is 0 Å². The number of fused-ring (bicyclic) bond motifs is 30. The third kappa shape index (κ3) is 8.69. The van der Waals surface area contributed by atoms with Crippen molar-refractivity contribution in [3.8, 4) is 45.0 Å². The molecule has 1 spiro atoms. The van der Waals surface area contributed by atoms with Gasteiger partial charge in [-0.15, -0.1) is 0 Å². The van der Waals surface area contributed by atoms with E-state index < -0.39 is 5.41 Å². The maximum absolute atomic E-state index is 2.62. The fourth-order valence-electron chi connectivity index (χ4n) is 22.0. The molecule has 117 heavy (non-hydrogen) atoms. The third-order valence-electron chi connectivity index (χ3n) is 26.4. The van der Waals surface area contributed by atoms with Crippen molar-refractivity contribution in [1.29, 1.82) is 0 Å². The van der Waals surface area contributed by atoms with Gasteiger partial charge in [0.2, 0.25) is 13.4 Å². The topological polar surface area (TPSA) is 26.2 Å². The highest BCUT2D eigenvalue weighted by molar-refractivity contribution is 6.99. The van der Waals surface area contributed by atoms with E-state index in [2.05, 4.69) is 441 Å². The fraction of sp³-hybridized carbons (Fsp3) is 0.00917. The van der Waals surface area contributed by atoms with Crippen LogP contribution in [0.25, 0.3) is 132 Å². The van der Waals surface area contributed by atoms with Crippen molar-refractivity contribution < 1.29 is 0 Å². The van der Waals surface area contributed by atoms with Gasteiger partial charge < -0.3 is 28.1 Å². The fourth-order valence-corrected chi connectivity index (χ4v) is 22.0. The van der Waals surface area contributed by atoms with Crippen LogP contribution in [0.4, 0.5) is 34.1 Å². The molecule has 0 amide bonds. The van der Waals surface area contributed by atoms with Crippen molar-refractivity contribution in [2.45, 2.75) is 5.41 Å². The second-order valence-corrected chi connectivity index (χ2v) is 32.0. The van der Waals surface area contributed by atoms with E-state index in [9.17, 15) is 0 Å². The Morgan fingerprint density at radius 1 is 0.205 bits per heavy atom. The van der Waals surface area contributed by atoms with Gasteiger partial charge in [-0.3, -0.25) is 0 Å². The van der Waals surface area contributed by atoms with Crippen LogP contribution in [0.2, 0.25) is 0 Å². The number of anilines is 6. The van der Waals surface area contributed by atoms with Gasteiger partial charge in [-0.2, -0.15) is 0 Å². The second kappa shape index (κ2) is 24.5. The first-order valence-corrected chi connectivity index (χ1v) is 40.8. The van der Waals surface area contributed by atoms with Gasteiger partial charge in [0.05, 0.1) is 49.5 Å². The Bertz CT molecular complexity index is 7490. The minimum Gasteiger partial charge on any atom is -0.311 e. The van der Waals surface area contributed by atoms with Gasteiger partial charge in [-0.1, -0.05) is 302 Å². The summed E-state index contributed by atoms with van der Waals surface area (Å²) in [4.78, 5) is 5.25. The first kappa shape index (κ1) is 64.4. The molecule has 0 unspecified atom stereocenters. The highest BCUT2D eigenvalue weighted by Crippen LogP contribution is 2.67. The number of hydrogen-bond donors (Lipinski definition) is 0. The molecule has 26 rings (SSSR count). The van der Waals surface area contributed by atoms with E-state index in [1.165, 1.54) is 165 Å². The summed E-state index contributed by atoms with van der Waals surface area (Å²) in [6, 6.07) is 156. The van der Waals surface area contributed by atoms with Crippen LogP contribution in [0.15, 0.2) is 413 Å². The standard InChI is InChI=1S/C109H68B2N6/c1-7-31-69(32-8-1)110-89-47-23-29-53-97(89)116(73-39-15-5-16-40-73)107-91(110)63-61-87-101(107)83-67-75(112-95-51-27-21-45-81(95)103-99(112)65-57-79-77-43-19-25-49-93(77)114(105(79)103)71-35-11-3-12-36-71)55-59-85(83)109(87)86-60-56-76(113-96-52-28-22-46-82(96)104-100(113)66-58-80-78-44-20-26-50-94(78)115(106(80)104)72-37-13-4-14-38-72)68-84(86)102-88(109)62-64-92-108(102)117(74-41-17-6-18-42-74)98-54-30-24-48-90(98)111(92)70-33-9-2-10-34-70/h1-68H. The molecular weight excluding hydrogens is 1410 g/mol. The van der Waals surface area contributed by atoms with Crippen LogP contribution in [-0.4, -0.2) is 31.7 Å². The number of nitrogens with zero attached hydrogens (tertiary/aromatic N) is 6. The summed E-state index contributed by atoms with van der Waals surface area (Å²) in [6.07, 6.45) is 0. The first-order valence-electron chi connectivity index (χ1n) is 40.8. The van der Waals surface area contributed by atoms with Crippen LogP contribution in [0.3, 0.4) is 0 Å². The number of benzene rings is 18. The van der Waals surface area contributed by atoms with Gasteiger partial charge in [-0.25, -0.2) is 0 Å². The maximum atomic E-state index is 2.62. The molecular formula is C109H68B2N6. The van der Waals surface area contributed by atoms with Gasteiger partial charge in [-0.05, 0) is 177 Å². The van der Waals surface area contributed by atoms with Gasteiger partial charge >= 0.3 is 0 Å². The molecule has 0 atom stereocenters. The molecule has 0 N–H and O–H groups in total. The van der Waals surface area contributed by atoms with Crippen molar-refractivity contribution in [3.63, 3.8) is 0 Å². The average Bonchev–Trinajstić information content (AvgIpc) is 1.48. The van der Waals surface area contributed by atoms with Crippen LogP contribution in [0.1, 0.15) is 22.3 Å². The molecule has 2 aliphatic heterocycles. The number of aromatic nitrogens is 4. The Kier molecular flexibility index (Phi) is 13.5. The zero-order chi connectivity index (χ0) is 76.3. The monoisotopic (exact) mass is 1480 g/mol. The Hall–Kier alpha value is -15.1. The molecule has 0 saturated carbocycles. The lowest BCUT2D eigenvalue weighted by Crippen LogP contribution is -2.57. The van der Waals surface area contributed by atoms with E-state index in [0.29, 0.717) is 0 Å². The Labute approximate surface area is 676 Å². The zero-order valence-electron chi connectivity index (χ0n) is 63.6. The molecule has 540 valence electrons. The van der Waals surface area contributed by atoms with E-state index in [4.69, 9.17) is 0 Å². The smallest absolute Gasteiger partial charge is 0.246 e. The van der Waals surface area contributed by atoms with Crippen molar-refractivity contribution in [2.24, 2.45) is 0 Å². The molecule has 0 radical (unpaired) electrons. The molecule has 22 aromatic rings. The average molecular weight is 1480 g/mol. The summed E-state index contributed by atoms with van der Waals surface area (Å²) < 4.78 is 10.2. The summed E-state index contributed by atoms with van der Waals surface area (Å²) in [5, 5.41) is 9.77. The molecule has 0 bridgehead atoms. The normalized spacial score (nSPS) is 13.5. The van der Waals surface area contributed by atoms with Crippen molar-refractivity contribution in [1.82, 2.24) is 18.3 Å². The minimum atomic E-state index is -0.910. The molecule has 0 fully saturated rings. The van der Waals surface area contributed by atoms with E-state index in [1.54, 1.807) is 0 Å². The molecule has 2 aliphatic carbocycles. The second-order valence-electron chi connectivity index (χ2n) is 32.0. The predicted molar refractivity (Wildman–Crippen MR) is 492 cm³/mol. The number of para-hydroxylation sites is 10. The Balaban J connectivity index is 0.819. The van der Waals surface area contributed by atoms with Crippen LogP contribution < -0.4 is 42.6 Å². The van der Waals surface area contributed by atoms with E-state index in [0.717, 1.165) is 56.2 Å². The van der Waals surface area contributed by atoms with Crippen LogP contribution in [-0.2, 0) is 5.41 Å². The summed E-state index contributed by atoms with van der Waals surface area (Å²) in [7, 11) is 0. The zero-order valence-corrected chi connectivity index (χ0v) is 63.6. The number of rotatable bonds is 8. The van der Waals surface area contributed by atoms with Crippen LogP contribution >= 0.6 is 0 Å². The number of hydrogen-bond acceptors (Lipinski definition) is 2. The van der Waals surface area contributed by atoms with E-state index in [1.807, 2.05) is 0 Å². The van der Waals surface area contributed by atoms with Crippen molar-refractivity contribution in [3.05, 3.63) is 435 Å². The largest absolute Gasteiger partial charge is 0.311 e. The van der Waals surface area contributed by atoms with E-state index in [-0.39, 0.29) is 13.4 Å². The third-order valence-corrected chi connectivity index (χ3v) is 26.4. The lowest BCUT2D eigenvalue weighted by atomic mass is 9.35. The molecule has 0 saturated heterocycles. The molecule has 8 heteroatoms. The Morgan fingerprint density at radius 2 is 0.530 bits per heavy atom. The van der Waals surface area contributed by atoms with Crippen LogP contribution in [0.5, 0.6) is 0 Å². The predicted octanol–water partition coefficient (Wildman–Crippen LogP) is 23.0. The molecule has 6 heterocycles. The molecule has 6 nitrogen and oxygen atoms in total. The molecule has 4 aliphatic rings. The summed E-state index contributed by atoms with van der Waals surface area (Å²) >= 11 is 0. The highest BCUT2D eigenvalue weighted by atomic mass is 15.2. The maximum Gasteiger partial charge on any atom is 0.246 e.